The van der Waals surface area contributed by atoms with Gasteiger partial charge in [-0.2, -0.15) is 8.42 Å². The van der Waals surface area contributed by atoms with E-state index in [9.17, 15) is 33.4 Å². The van der Waals surface area contributed by atoms with Crippen LogP contribution in [0.4, 0.5) is 17.1 Å². The van der Waals surface area contributed by atoms with Gasteiger partial charge >= 0.3 is 0 Å². The molecule has 1 amide bonds. The van der Waals surface area contributed by atoms with E-state index in [0.717, 1.165) is 23.8 Å². The van der Waals surface area contributed by atoms with Gasteiger partial charge in [-0.15, -0.1) is 0 Å². The summed E-state index contributed by atoms with van der Waals surface area (Å²) in [5.74, 6) is -0.654. The number of anilines is 1. The van der Waals surface area contributed by atoms with Gasteiger partial charge in [-0.25, -0.2) is 0 Å². The van der Waals surface area contributed by atoms with E-state index in [1.807, 2.05) is 6.92 Å². The number of rotatable bonds is 11. The van der Waals surface area contributed by atoms with Gasteiger partial charge < -0.3 is 10.6 Å². The average molecular weight is 466 g/mol. The number of amides is 1. The van der Waals surface area contributed by atoms with Crippen LogP contribution in [-0.4, -0.2) is 43.4 Å². The van der Waals surface area contributed by atoms with E-state index < -0.39 is 49.9 Å². The molecule has 0 saturated carbocycles. The van der Waals surface area contributed by atoms with Gasteiger partial charge in [0.05, 0.1) is 27.4 Å². The van der Waals surface area contributed by atoms with Gasteiger partial charge in [0.1, 0.15) is 11.7 Å². The molecule has 0 spiro atoms. The molecule has 0 aliphatic heterocycles. The molecule has 172 valence electrons. The predicted molar refractivity (Wildman–Crippen MR) is 115 cm³/mol. The summed E-state index contributed by atoms with van der Waals surface area (Å²) in [5.41, 5.74) is -0.511. The Morgan fingerprint density at radius 2 is 1.75 bits per heavy atom. The summed E-state index contributed by atoms with van der Waals surface area (Å²) in [6, 6.07) is 7.39. The number of nitro groups is 2. The Kier molecular flexibility index (Phi) is 8.21. The van der Waals surface area contributed by atoms with Gasteiger partial charge in [-0.05, 0) is 31.5 Å². The first-order valence-corrected chi connectivity index (χ1v) is 10.9. The van der Waals surface area contributed by atoms with E-state index >= 15 is 0 Å². The summed E-state index contributed by atoms with van der Waals surface area (Å²) in [4.78, 5) is 33.1. The van der Waals surface area contributed by atoms with E-state index in [2.05, 4.69) is 10.6 Å². The number of carbonyl (C=O) groups excluding carboxylic acids is 1. The lowest BCUT2D eigenvalue weighted by Gasteiger charge is -2.19. The third-order valence-corrected chi connectivity index (χ3v) is 5.58. The first kappa shape index (κ1) is 24.7. The second kappa shape index (κ2) is 10.6. The predicted octanol–water partition coefficient (Wildman–Crippen LogP) is 2.52. The topological polar surface area (TPSA) is 171 Å². The number of nitrogens with zero attached hydrogens (tertiary/aromatic N) is 2. The van der Waals surface area contributed by atoms with Crippen LogP contribution in [0.25, 0.3) is 0 Å². The first-order chi connectivity index (χ1) is 15.0. The van der Waals surface area contributed by atoms with Crippen molar-refractivity contribution in [3.8, 4) is 0 Å². The molecule has 1 unspecified atom stereocenters. The van der Waals surface area contributed by atoms with E-state index in [4.69, 9.17) is 4.18 Å². The van der Waals surface area contributed by atoms with Crippen molar-refractivity contribution < 1.29 is 27.2 Å². The molecular formula is C19H22N4O8S. The van der Waals surface area contributed by atoms with Crippen molar-refractivity contribution in [1.29, 1.82) is 0 Å². The first-order valence-electron chi connectivity index (χ1n) is 9.48. The molecule has 13 heteroatoms. The number of nitro benzene ring substituents is 2. The molecule has 0 aliphatic carbocycles. The molecule has 0 aliphatic rings. The normalized spacial score (nSPS) is 12.1. The fourth-order valence-corrected chi connectivity index (χ4v) is 3.50. The van der Waals surface area contributed by atoms with Gasteiger partial charge in [0.25, 0.3) is 21.5 Å². The monoisotopic (exact) mass is 466 g/mol. The molecule has 32 heavy (non-hydrogen) atoms. The molecule has 2 rings (SSSR count). The molecule has 0 heterocycles. The minimum absolute atomic E-state index is 0.114. The highest BCUT2D eigenvalue weighted by Gasteiger charge is 2.27. The summed E-state index contributed by atoms with van der Waals surface area (Å²) < 4.78 is 30.0. The maximum Gasteiger partial charge on any atom is 0.299 e. The molecule has 2 aromatic rings. The number of hydrogen-bond donors (Lipinski definition) is 2. The molecule has 1 atom stereocenters. The molecule has 0 fully saturated rings. The van der Waals surface area contributed by atoms with Crippen molar-refractivity contribution in [2.24, 2.45) is 0 Å². The van der Waals surface area contributed by atoms with Gasteiger partial charge in [0.2, 0.25) is 5.91 Å². The summed E-state index contributed by atoms with van der Waals surface area (Å²) in [6.45, 7) is 3.21. The van der Waals surface area contributed by atoms with Gasteiger partial charge in [-0.3, -0.25) is 29.2 Å². The SMILES string of the molecule is CCCNC(=O)C(COS(=O)(=O)c1ccc(C)cc1)Nc1ccc([N+](=O)[O-])cc1[N+](=O)[O-]. The Morgan fingerprint density at radius 1 is 1.09 bits per heavy atom. The lowest BCUT2D eigenvalue weighted by molar-refractivity contribution is -0.393. The molecule has 0 bridgehead atoms. The maximum atomic E-state index is 12.5. The Balaban J connectivity index is 2.30. The van der Waals surface area contributed by atoms with Gasteiger partial charge in [-0.1, -0.05) is 24.6 Å². The van der Waals surface area contributed by atoms with Crippen LogP contribution in [0.5, 0.6) is 0 Å². The van der Waals surface area contributed by atoms with Crippen molar-refractivity contribution in [1.82, 2.24) is 5.32 Å². The van der Waals surface area contributed by atoms with Crippen molar-refractivity contribution in [3.05, 3.63) is 68.3 Å². The molecule has 0 saturated heterocycles. The van der Waals surface area contributed by atoms with Crippen LogP contribution < -0.4 is 10.6 Å². The zero-order valence-electron chi connectivity index (χ0n) is 17.3. The second-order valence-corrected chi connectivity index (χ2v) is 8.37. The highest BCUT2D eigenvalue weighted by molar-refractivity contribution is 7.86. The van der Waals surface area contributed by atoms with E-state index in [1.54, 1.807) is 19.1 Å². The zero-order chi connectivity index (χ0) is 23.9. The average Bonchev–Trinajstić information content (AvgIpc) is 2.75. The van der Waals surface area contributed by atoms with Crippen LogP contribution in [-0.2, 0) is 19.1 Å². The molecule has 2 aromatic carbocycles. The Bertz CT molecular complexity index is 1100. The van der Waals surface area contributed by atoms with Crippen LogP contribution in [0.3, 0.4) is 0 Å². The fraction of sp³-hybridized carbons (Fsp3) is 0.316. The summed E-state index contributed by atoms with van der Waals surface area (Å²) in [6.07, 6.45) is 0.596. The minimum Gasteiger partial charge on any atom is -0.366 e. The summed E-state index contributed by atoms with van der Waals surface area (Å²) in [7, 11) is -4.21. The third-order valence-electron chi connectivity index (χ3n) is 4.28. The molecular weight excluding hydrogens is 444 g/mol. The number of benzene rings is 2. The molecule has 12 nitrogen and oxygen atoms in total. The van der Waals surface area contributed by atoms with Crippen molar-refractivity contribution in [2.75, 3.05) is 18.5 Å². The standard InChI is InChI=1S/C19H22N4O8S/c1-3-10-20-19(24)17(12-31-32(29,30)15-7-4-13(2)5-8-15)21-16-9-6-14(22(25)26)11-18(16)23(27)28/h4-9,11,17,21H,3,10,12H2,1-2H3,(H,20,24). The minimum atomic E-state index is -4.21. The van der Waals surface area contributed by atoms with Crippen LogP contribution in [0.15, 0.2) is 47.4 Å². The highest BCUT2D eigenvalue weighted by Crippen LogP contribution is 2.29. The highest BCUT2D eigenvalue weighted by atomic mass is 32.2. The molecule has 2 N–H and O–H groups in total. The number of aryl methyl sites for hydroxylation is 1. The van der Waals surface area contributed by atoms with E-state index in [1.165, 1.54) is 12.1 Å². The molecule has 0 radical (unpaired) electrons. The quantitative estimate of drug-likeness (QED) is 0.287. The van der Waals surface area contributed by atoms with Crippen LogP contribution >= 0.6 is 0 Å². The van der Waals surface area contributed by atoms with Crippen molar-refractivity contribution in [2.45, 2.75) is 31.2 Å². The van der Waals surface area contributed by atoms with Gasteiger partial charge in [0.15, 0.2) is 0 Å². The van der Waals surface area contributed by atoms with Crippen LogP contribution in [0.1, 0.15) is 18.9 Å². The van der Waals surface area contributed by atoms with Crippen molar-refractivity contribution >= 4 is 33.1 Å². The second-order valence-electron chi connectivity index (χ2n) is 6.76. The Morgan fingerprint density at radius 3 is 2.31 bits per heavy atom. The largest absolute Gasteiger partial charge is 0.366 e. The van der Waals surface area contributed by atoms with Crippen LogP contribution in [0, 0.1) is 27.2 Å². The van der Waals surface area contributed by atoms with Crippen LogP contribution in [0.2, 0.25) is 0 Å². The number of non-ortho nitro benzene ring substituents is 1. The zero-order valence-corrected chi connectivity index (χ0v) is 18.1. The number of nitrogens with one attached hydrogen (secondary N) is 2. The third kappa shape index (κ3) is 6.46. The van der Waals surface area contributed by atoms with Gasteiger partial charge in [0, 0.05) is 12.6 Å². The number of hydrogen-bond acceptors (Lipinski definition) is 9. The summed E-state index contributed by atoms with van der Waals surface area (Å²) in [5, 5.41) is 27.4. The van der Waals surface area contributed by atoms with E-state index in [-0.39, 0.29) is 17.1 Å². The van der Waals surface area contributed by atoms with Crippen molar-refractivity contribution in [3.63, 3.8) is 0 Å². The lowest BCUT2D eigenvalue weighted by atomic mass is 10.2. The summed E-state index contributed by atoms with van der Waals surface area (Å²) >= 11 is 0. The Hall–Kier alpha value is -3.58. The lowest BCUT2D eigenvalue weighted by Crippen LogP contribution is -2.43. The Labute approximate surface area is 184 Å². The fourth-order valence-electron chi connectivity index (χ4n) is 2.58. The van der Waals surface area contributed by atoms with E-state index in [0.29, 0.717) is 6.42 Å². The molecule has 0 aromatic heterocycles. The smallest absolute Gasteiger partial charge is 0.299 e. The number of carbonyl (C=O) groups is 1. The maximum absolute atomic E-state index is 12.5.